The lowest BCUT2D eigenvalue weighted by Crippen LogP contribution is -2.49. The van der Waals surface area contributed by atoms with E-state index in [-0.39, 0.29) is 5.91 Å². The number of piperazine rings is 1. The Labute approximate surface area is 202 Å². The van der Waals surface area contributed by atoms with E-state index >= 15 is 0 Å². The van der Waals surface area contributed by atoms with Gasteiger partial charge in [-0.25, -0.2) is 8.42 Å². The second-order valence-electron chi connectivity index (χ2n) is 8.72. The second-order valence-corrected chi connectivity index (χ2v) is 10.6. The highest BCUT2D eigenvalue weighted by Crippen LogP contribution is 2.27. The van der Waals surface area contributed by atoms with Crippen molar-refractivity contribution in [3.05, 3.63) is 83.9 Å². The molecule has 0 atom stereocenters. The van der Waals surface area contributed by atoms with E-state index in [0.717, 1.165) is 27.9 Å². The number of amides is 1. The summed E-state index contributed by atoms with van der Waals surface area (Å²) in [6.45, 7) is 6.46. The van der Waals surface area contributed by atoms with Gasteiger partial charge in [0.1, 0.15) is 0 Å². The first-order chi connectivity index (χ1) is 16.3. The molecule has 1 aliphatic rings. The SMILES string of the molecule is Cc1ccc(S(=O)(=O)N2CCN(CCC(=O)Nc3ccccc3-c3ccccc3)CC2)c(C)c1. The standard InChI is InChI=1S/C27H31N3O3S/c1-21-12-13-26(22(2)20-21)34(32,33)30-18-16-29(17-19-30)15-14-27(31)28-25-11-7-6-10-24(25)23-8-4-3-5-9-23/h3-13,20H,14-19H2,1-2H3,(H,28,31). The number of nitrogens with zero attached hydrogens (tertiary/aromatic N) is 2. The molecule has 0 aromatic heterocycles. The Morgan fingerprint density at radius 1 is 0.882 bits per heavy atom. The maximum atomic E-state index is 13.1. The van der Waals surface area contributed by atoms with Crippen molar-refractivity contribution in [2.45, 2.75) is 25.2 Å². The minimum Gasteiger partial charge on any atom is -0.325 e. The molecule has 4 rings (SSSR count). The van der Waals surface area contributed by atoms with Gasteiger partial charge in [0.15, 0.2) is 0 Å². The lowest BCUT2D eigenvalue weighted by atomic mass is 10.0. The van der Waals surface area contributed by atoms with E-state index in [1.54, 1.807) is 10.4 Å². The number of para-hydroxylation sites is 1. The molecule has 1 heterocycles. The second kappa shape index (κ2) is 10.5. The van der Waals surface area contributed by atoms with Crippen LogP contribution in [0.3, 0.4) is 0 Å². The first kappa shape index (κ1) is 24.1. The van der Waals surface area contributed by atoms with Crippen molar-refractivity contribution < 1.29 is 13.2 Å². The van der Waals surface area contributed by atoms with Crippen LogP contribution in [0.4, 0.5) is 5.69 Å². The fourth-order valence-corrected chi connectivity index (χ4v) is 5.98. The first-order valence-corrected chi connectivity index (χ1v) is 13.0. The van der Waals surface area contributed by atoms with Gasteiger partial charge in [0.05, 0.1) is 4.90 Å². The Bertz CT molecular complexity index is 1250. The predicted octanol–water partition coefficient (Wildman–Crippen LogP) is 4.31. The molecule has 3 aromatic carbocycles. The van der Waals surface area contributed by atoms with Gasteiger partial charge in [-0.05, 0) is 37.1 Å². The number of sulfonamides is 1. The number of carbonyl (C=O) groups is 1. The normalized spacial score (nSPS) is 15.2. The van der Waals surface area contributed by atoms with Crippen molar-refractivity contribution in [1.82, 2.24) is 9.21 Å². The maximum absolute atomic E-state index is 13.1. The third-order valence-electron chi connectivity index (χ3n) is 6.22. The third-order valence-corrected chi connectivity index (χ3v) is 8.28. The van der Waals surface area contributed by atoms with E-state index in [1.165, 1.54) is 0 Å². The minimum absolute atomic E-state index is 0.0475. The zero-order valence-electron chi connectivity index (χ0n) is 19.7. The molecule has 1 fully saturated rings. The van der Waals surface area contributed by atoms with Crippen molar-refractivity contribution >= 4 is 21.6 Å². The van der Waals surface area contributed by atoms with Crippen LogP contribution in [-0.2, 0) is 14.8 Å². The molecule has 0 saturated carbocycles. The summed E-state index contributed by atoms with van der Waals surface area (Å²) in [5.74, 6) is -0.0475. The Morgan fingerprint density at radius 3 is 2.26 bits per heavy atom. The molecule has 1 aliphatic heterocycles. The summed E-state index contributed by atoms with van der Waals surface area (Å²) in [5, 5.41) is 3.04. The molecule has 1 amide bonds. The van der Waals surface area contributed by atoms with E-state index in [4.69, 9.17) is 0 Å². The summed E-state index contributed by atoms with van der Waals surface area (Å²) < 4.78 is 27.7. The quantitative estimate of drug-likeness (QED) is 0.551. The van der Waals surface area contributed by atoms with Gasteiger partial charge in [-0.1, -0.05) is 66.2 Å². The van der Waals surface area contributed by atoms with E-state index in [9.17, 15) is 13.2 Å². The van der Waals surface area contributed by atoms with Crippen LogP contribution in [0.25, 0.3) is 11.1 Å². The smallest absolute Gasteiger partial charge is 0.243 e. The van der Waals surface area contributed by atoms with Crippen LogP contribution in [-0.4, -0.2) is 56.3 Å². The number of anilines is 1. The average molecular weight is 478 g/mol. The van der Waals surface area contributed by atoms with Crippen LogP contribution in [0, 0.1) is 13.8 Å². The highest BCUT2D eigenvalue weighted by atomic mass is 32.2. The number of hydrogen-bond donors (Lipinski definition) is 1. The van der Waals surface area contributed by atoms with Gasteiger partial charge >= 0.3 is 0 Å². The minimum atomic E-state index is -3.51. The number of nitrogens with one attached hydrogen (secondary N) is 1. The lowest BCUT2D eigenvalue weighted by Gasteiger charge is -2.34. The molecule has 0 unspecified atom stereocenters. The zero-order valence-corrected chi connectivity index (χ0v) is 20.5. The number of benzene rings is 3. The van der Waals surface area contributed by atoms with Gasteiger partial charge in [-0.2, -0.15) is 4.31 Å². The molecule has 0 spiro atoms. The van der Waals surface area contributed by atoms with Crippen molar-refractivity contribution in [2.75, 3.05) is 38.0 Å². The topological polar surface area (TPSA) is 69.7 Å². The maximum Gasteiger partial charge on any atom is 0.243 e. The van der Waals surface area contributed by atoms with Crippen LogP contribution in [0.15, 0.2) is 77.7 Å². The Morgan fingerprint density at radius 2 is 1.56 bits per heavy atom. The molecule has 0 bridgehead atoms. The number of carbonyl (C=O) groups excluding carboxylic acids is 1. The molecular weight excluding hydrogens is 446 g/mol. The summed E-state index contributed by atoms with van der Waals surface area (Å²) in [6, 6.07) is 23.2. The fourth-order valence-electron chi connectivity index (χ4n) is 4.36. The fraction of sp³-hybridized carbons (Fsp3) is 0.296. The monoisotopic (exact) mass is 477 g/mol. The highest BCUT2D eigenvalue weighted by Gasteiger charge is 2.29. The predicted molar refractivity (Wildman–Crippen MR) is 136 cm³/mol. The molecular formula is C27H31N3O3S. The number of hydrogen-bond acceptors (Lipinski definition) is 4. The summed E-state index contributed by atoms with van der Waals surface area (Å²) in [4.78, 5) is 15.2. The van der Waals surface area contributed by atoms with Crippen molar-refractivity contribution in [3.63, 3.8) is 0 Å². The number of rotatable bonds is 7. The van der Waals surface area contributed by atoms with E-state index in [2.05, 4.69) is 10.2 Å². The van der Waals surface area contributed by atoms with E-state index < -0.39 is 10.0 Å². The van der Waals surface area contributed by atoms with Gasteiger partial charge in [-0.3, -0.25) is 4.79 Å². The van der Waals surface area contributed by atoms with Crippen molar-refractivity contribution in [2.24, 2.45) is 0 Å². The molecule has 178 valence electrons. The van der Waals surface area contributed by atoms with E-state index in [1.807, 2.05) is 80.6 Å². The Hall–Kier alpha value is -3.00. The van der Waals surface area contributed by atoms with Gasteiger partial charge in [0, 0.05) is 50.4 Å². The van der Waals surface area contributed by atoms with Crippen LogP contribution < -0.4 is 5.32 Å². The third kappa shape index (κ3) is 5.55. The summed E-state index contributed by atoms with van der Waals surface area (Å²) in [7, 11) is -3.51. The molecule has 0 aliphatic carbocycles. The van der Waals surface area contributed by atoms with Crippen LogP contribution in [0.5, 0.6) is 0 Å². The summed E-state index contributed by atoms with van der Waals surface area (Å²) >= 11 is 0. The molecule has 0 radical (unpaired) electrons. The molecule has 3 aromatic rings. The Kier molecular flexibility index (Phi) is 7.46. The molecule has 34 heavy (non-hydrogen) atoms. The molecule has 1 saturated heterocycles. The zero-order chi connectivity index (χ0) is 24.1. The summed E-state index contributed by atoms with van der Waals surface area (Å²) in [6.07, 6.45) is 0.354. The number of aryl methyl sites for hydroxylation is 2. The van der Waals surface area contributed by atoms with Crippen LogP contribution in [0.1, 0.15) is 17.5 Å². The molecule has 1 N–H and O–H groups in total. The van der Waals surface area contributed by atoms with Crippen LogP contribution >= 0.6 is 0 Å². The Balaban J connectivity index is 1.31. The van der Waals surface area contributed by atoms with E-state index in [0.29, 0.717) is 44.0 Å². The summed E-state index contributed by atoms with van der Waals surface area (Å²) in [5.41, 5.74) is 4.66. The highest BCUT2D eigenvalue weighted by molar-refractivity contribution is 7.89. The average Bonchev–Trinajstić information content (AvgIpc) is 2.84. The van der Waals surface area contributed by atoms with Gasteiger partial charge in [0.25, 0.3) is 0 Å². The van der Waals surface area contributed by atoms with Crippen LogP contribution in [0.2, 0.25) is 0 Å². The lowest BCUT2D eigenvalue weighted by molar-refractivity contribution is -0.116. The molecule has 6 nitrogen and oxygen atoms in total. The largest absolute Gasteiger partial charge is 0.325 e. The van der Waals surface area contributed by atoms with Gasteiger partial charge < -0.3 is 10.2 Å². The molecule has 7 heteroatoms. The van der Waals surface area contributed by atoms with Gasteiger partial charge in [0.2, 0.25) is 15.9 Å². The van der Waals surface area contributed by atoms with Gasteiger partial charge in [-0.15, -0.1) is 0 Å². The first-order valence-electron chi connectivity index (χ1n) is 11.6. The van der Waals surface area contributed by atoms with Crippen molar-refractivity contribution in [3.8, 4) is 11.1 Å². The van der Waals surface area contributed by atoms with Crippen molar-refractivity contribution in [1.29, 1.82) is 0 Å².